The van der Waals surface area contributed by atoms with Crippen LogP contribution in [0.25, 0.3) is 4.85 Å². The first kappa shape index (κ1) is 17.9. The van der Waals surface area contributed by atoms with E-state index in [1.165, 1.54) is 0 Å². The Bertz CT molecular complexity index is 461. The normalized spacial score (nSPS) is 14.7. The number of hydrogen-bond acceptors (Lipinski definition) is 3. The quantitative estimate of drug-likeness (QED) is 0.413. The van der Waals surface area contributed by atoms with Gasteiger partial charge >= 0.3 is 5.72 Å². The largest absolute Gasteiger partial charge is 0.405 e. The summed E-state index contributed by atoms with van der Waals surface area (Å²) in [5.41, 5.74) is -0.480. The number of hydrogen-bond donors (Lipinski definition) is 0. The molecule has 1 unspecified atom stereocenters. The average Bonchev–Trinajstić information content (AvgIpc) is 2.44. The fraction of sp³-hybridized carbons (Fsp3) is 0.562. The van der Waals surface area contributed by atoms with E-state index < -0.39 is 20.3 Å². The maximum absolute atomic E-state index is 7.77. The minimum Gasteiger partial charge on any atom is -0.344 e. The van der Waals surface area contributed by atoms with Crippen LogP contribution in [-0.2, 0) is 19.6 Å². The molecule has 4 nitrogen and oxygen atoms in total. The molecular weight excluding hydrogens is 282 g/mol. The van der Waals surface area contributed by atoms with E-state index in [0.29, 0.717) is 13.2 Å². The zero-order chi connectivity index (χ0) is 15.9. The second kappa shape index (κ2) is 7.71. The summed E-state index contributed by atoms with van der Waals surface area (Å²) in [4.78, 5) is 3.83. The van der Waals surface area contributed by atoms with Gasteiger partial charge in [0.1, 0.15) is 0 Å². The lowest BCUT2D eigenvalue weighted by atomic mass is 10.0. The van der Waals surface area contributed by atoms with Crippen molar-refractivity contribution in [2.45, 2.75) is 45.5 Å². The molecule has 0 bridgehead atoms. The van der Waals surface area contributed by atoms with Crippen molar-refractivity contribution < 1.29 is 13.9 Å². The summed E-state index contributed by atoms with van der Waals surface area (Å²) in [6, 6.07) is 9.51. The summed E-state index contributed by atoms with van der Waals surface area (Å²) in [5.74, 6) is 0. The van der Waals surface area contributed by atoms with Crippen LogP contribution in [-0.4, -0.2) is 27.8 Å². The van der Waals surface area contributed by atoms with E-state index in [0.717, 1.165) is 5.56 Å². The molecule has 1 atom stereocenters. The van der Waals surface area contributed by atoms with Gasteiger partial charge in [-0.2, -0.15) is 0 Å². The van der Waals surface area contributed by atoms with Gasteiger partial charge in [0.05, 0.1) is 5.56 Å². The summed E-state index contributed by atoms with van der Waals surface area (Å²) >= 11 is 0. The molecule has 0 aliphatic rings. The predicted molar refractivity (Wildman–Crippen MR) is 86.2 cm³/mol. The van der Waals surface area contributed by atoms with Gasteiger partial charge in [0, 0.05) is 13.2 Å². The Morgan fingerprint density at radius 3 is 2.00 bits per heavy atom. The van der Waals surface area contributed by atoms with Crippen molar-refractivity contribution in [2.75, 3.05) is 13.2 Å². The molecule has 21 heavy (non-hydrogen) atoms. The van der Waals surface area contributed by atoms with Gasteiger partial charge in [-0.05, 0) is 45.6 Å². The molecule has 0 aliphatic carbocycles. The van der Waals surface area contributed by atoms with Crippen molar-refractivity contribution >= 4 is 8.32 Å². The molecule has 0 aliphatic heterocycles. The van der Waals surface area contributed by atoms with Gasteiger partial charge in [0.15, 0.2) is 8.32 Å². The smallest absolute Gasteiger partial charge is 0.344 e. The molecular formula is C16H25NO3Si. The molecule has 0 spiro atoms. The molecule has 0 saturated heterocycles. The monoisotopic (exact) mass is 307 g/mol. The van der Waals surface area contributed by atoms with Crippen LogP contribution in [0.4, 0.5) is 0 Å². The van der Waals surface area contributed by atoms with Crippen molar-refractivity contribution in [1.82, 2.24) is 0 Å². The van der Waals surface area contributed by atoms with Crippen LogP contribution in [0.3, 0.4) is 0 Å². The van der Waals surface area contributed by atoms with E-state index in [9.17, 15) is 0 Å². The van der Waals surface area contributed by atoms with E-state index in [2.05, 4.69) is 24.5 Å². The van der Waals surface area contributed by atoms with Gasteiger partial charge in [-0.3, -0.25) is 4.85 Å². The molecule has 0 N–H and O–H groups in total. The van der Waals surface area contributed by atoms with Crippen LogP contribution >= 0.6 is 0 Å². The lowest BCUT2D eigenvalue weighted by Gasteiger charge is -2.34. The zero-order valence-electron chi connectivity index (χ0n) is 13.6. The molecule has 0 fully saturated rings. The molecule has 1 rings (SSSR count). The third-order valence-corrected chi connectivity index (χ3v) is 3.69. The number of rotatable bonds is 8. The SMILES string of the molecule is [C-]#[N+]C(O[Si](C)(C)C)(c1ccccc1)C(OCC)OCC. The zero-order valence-corrected chi connectivity index (χ0v) is 14.6. The van der Waals surface area contributed by atoms with Crippen molar-refractivity contribution in [3.05, 3.63) is 47.3 Å². The van der Waals surface area contributed by atoms with Crippen LogP contribution in [0, 0.1) is 6.57 Å². The van der Waals surface area contributed by atoms with Crippen LogP contribution in [0.5, 0.6) is 0 Å². The summed E-state index contributed by atoms with van der Waals surface area (Å²) in [6.07, 6.45) is -0.737. The Morgan fingerprint density at radius 1 is 1.10 bits per heavy atom. The van der Waals surface area contributed by atoms with Crippen LogP contribution in [0.2, 0.25) is 19.6 Å². The molecule has 5 heteroatoms. The lowest BCUT2D eigenvalue weighted by Crippen LogP contribution is -2.48. The van der Waals surface area contributed by atoms with Gasteiger partial charge in [-0.1, -0.05) is 18.2 Å². The fourth-order valence-electron chi connectivity index (χ4n) is 2.10. The summed E-state index contributed by atoms with van der Waals surface area (Å²) in [5, 5.41) is 0. The van der Waals surface area contributed by atoms with Crippen LogP contribution in [0.1, 0.15) is 19.4 Å². The van der Waals surface area contributed by atoms with E-state index in [4.69, 9.17) is 20.5 Å². The molecule has 0 saturated carbocycles. The number of benzene rings is 1. The molecule has 1 aromatic rings. The van der Waals surface area contributed by atoms with Crippen LogP contribution in [0.15, 0.2) is 30.3 Å². The Balaban J connectivity index is 3.34. The fourth-order valence-corrected chi connectivity index (χ4v) is 3.30. The minimum absolute atomic E-state index is 0.462. The van der Waals surface area contributed by atoms with E-state index in [1.807, 2.05) is 44.2 Å². The summed E-state index contributed by atoms with van der Waals surface area (Å²) < 4.78 is 17.7. The first-order valence-corrected chi connectivity index (χ1v) is 10.7. The number of ether oxygens (including phenoxy) is 2. The van der Waals surface area contributed by atoms with Gasteiger partial charge in [-0.15, -0.1) is 0 Å². The van der Waals surface area contributed by atoms with Crippen molar-refractivity contribution in [2.24, 2.45) is 0 Å². The Morgan fingerprint density at radius 2 is 1.62 bits per heavy atom. The van der Waals surface area contributed by atoms with Gasteiger partial charge in [0.25, 0.3) is 6.29 Å². The molecule has 0 heterocycles. The summed E-state index contributed by atoms with van der Waals surface area (Å²) in [6.45, 7) is 18.7. The molecule has 0 radical (unpaired) electrons. The molecule has 1 aromatic carbocycles. The standard InChI is InChI=1S/C16H25NO3Si/c1-7-18-15(19-8-2)16(17-3,20-21(4,5)6)14-12-10-9-11-13-14/h9-13,15H,7-8H2,1-2,4-6H3. The van der Waals surface area contributed by atoms with E-state index in [1.54, 1.807) is 0 Å². The Hall–Kier alpha value is -1.19. The minimum atomic E-state index is -1.99. The van der Waals surface area contributed by atoms with E-state index >= 15 is 0 Å². The maximum Gasteiger partial charge on any atom is 0.405 e. The molecule has 116 valence electrons. The number of nitrogens with zero attached hydrogens (tertiary/aromatic N) is 1. The molecule has 0 aromatic heterocycles. The summed E-state index contributed by atoms with van der Waals surface area (Å²) in [7, 11) is -1.99. The van der Waals surface area contributed by atoms with Crippen molar-refractivity contribution in [1.29, 1.82) is 0 Å². The maximum atomic E-state index is 7.77. The highest BCUT2D eigenvalue weighted by atomic mass is 28.4. The van der Waals surface area contributed by atoms with Gasteiger partial charge < -0.3 is 13.9 Å². The average molecular weight is 307 g/mol. The Labute approximate surface area is 129 Å². The molecule has 0 amide bonds. The Kier molecular flexibility index (Phi) is 6.56. The topological polar surface area (TPSA) is 32.0 Å². The third-order valence-electron chi connectivity index (χ3n) is 2.77. The highest BCUT2D eigenvalue weighted by Crippen LogP contribution is 2.37. The van der Waals surface area contributed by atoms with Crippen molar-refractivity contribution in [3.8, 4) is 0 Å². The first-order chi connectivity index (χ1) is 9.89. The lowest BCUT2D eigenvalue weighted by molar-refractivity contribution is -0.217. The second-order valence-electron chi connectivity index (χ2n) is 5.63. The highest BCUT2D eigenvalue weighted by Gasteiger charge is 2.53. The third kappa shape index (κ3) is 4.65. The van der Waals surface area contributed by atoms with Crippen molar-refractivity contribution in [3.63, 3.8) is 0 Å². The predicted octanol–water partition coefficient (Wildman–Crippen LogP) is 4.01. The van der Waals surface area contributed by atoms with E-state index in [-0.39, 0.29) is 0 Å². The van der Waals surface area contributed by atoms with Gasteiger partial charge in [0.2, 0.25) is 0 Å². The first-order valence-electron chi connectivity index (χ1n) is 7.27. The highest BCUT2D eigenvalue weighted by molar-refractivity contribution is 6.69. The van der Waals surface area contributed by atoms with Crippen LogP contribution < -0.4 is 0 Å². The second-order valence-corrected chi connectivity index (χ2v) is 10.1. The van der Waals surface area contributed by atoms with Gasteiger partial charge in [-0.25, -0.2) is 6.57 Å².